The summed E-state index contributed by atoms with van der Waals surface area (Å²) in [6.07, 6.45) is 1.36. The lowest BCUT2D eigenvalue weighted by molar-refractivity contribution is -0.119. The summed E-state index contributed by atoms with van der Waals surface area (Å²) in [5.74, 6) is 0.320. The predicted octanol–water partition coefficient (Wildman–Crippen LogP) is 3.80. The zero-order valence-corrected chi connectivity index (χ0v) is 16.8. The lowest BCUT2D eigenvalue weighted by Crippen LogP contribution is -2.25. The largest absolute Gasteiger partial charge is 0.507 e. The average molecular weight is 471 g/mol. The number of carbonyl (C=O) groups is 1. The van der Waals surface area contributed by atoms with Crippen molar-refractivity contribution in [1.82, 2.24) is 5.43 Å². The highest BCUT2D eigenvalue weighted by Gasteiger charge is 2.05. The number of nitrogens with zero attached hydrogens (tertiary/aromatic N) is 1. The van der Waals surface area contributed by atoms with Crippen molar-refractivity contribution in [2.75, 3.05) is 19.0 Å². The molecule has 3 N–H and O–H groups in total. The molecule has 0 saturated heterocycles. The summed E-state index contributed by atoms with van der Waals surface area (Å²) in [5.41, 5.74) is 4.72. The molecular formula is C17H17Br2N3O3. The fraction of sp³-hybridized carbons (Fsp3) is 0.176. The molecule has 0 saturated carbocycles. The van der Waals surface area contributed by atoms with Crippen LogP contribution in [-0.4, -0.2) is 30.9 Å². The first-order valence-corrected chi connectivity index (χ1v) is 8.87. The molecule has 0 aromatic heterocycles. The summed E-state index contributed by atoms with van der Waals surface area (Å²) in [6, 6.07) is 8.53. The molecule has 0 radical (unpaired) electrons. The van der Waals surface area contributed by atoms with E-state index in [-0.39, 0.29) is 18.2 Å². The van der Waals surface area contributed by atoms with Crippen molar-refractivity contribution < 1.29 is 14.6 Å². The van der Waals surface area contributed by atoms with Gasteiger partial charge in [0.05, 0.1) is 19.9 Å². The third-order valence-electron chi connectivity index (χ3n) is 3.36. The molecule has 0 atom stereocenters. The maximum Gasteiger partial charge on any atom is 0.259 e. The van der Waals surface area contributed by atoms with Crippen molar-refractivity contribution in [3.8, 4) is 11.5 Å². The fourth-order valence-electron chi connectivity index (χ4n) is 1.91. The first-order valence-electron chi connectivity index (χ1n) is 7.29. The van der Waals surface area contributed by atoms with Gasteiger partial charge in [-0.25, -0.2) is 5.43 Å². The minimum atomic E-state index is -0.313. The van der Waals surface area contributed by atoms with Crippen LogP contribution in [0.25, 0.3) is 0 Å². The molecule has 2 aromatic carbocycles. The second-order valence-corrected chi connectivity index (χ2v) is 6.85. The molecule has 0 heterocycles. The van der Waals surface area contributed by atoms with Gasteiger partial charge >= 0.3 is 0 Å². The Morgan fingerprint density at radius 2 is 1.96 bits per heavy atom. The van der Waals surface area contributed by atoms with E-state index in [1.165, 1.54) is 19.4 Å². The molecule has 132 valence electrons. The monoisotopic (exact) mass is 469 g/mol. The first kappa shape index (κ1) is 19.3. The summed E-state index contributed by atoms with van der Waals surface area (Å²) < 4.78 is 6.96. The van der Waals surface area contributed by atoms with E-state index in [1.54, 1.807) is 12.1 Å². The Balaban J connectivity index is 1.91. The maximum atomic E-state index is 11.9. The van der Waals surface area contributed by atoms with Gasteiger partial charge in [-0.05, 0) is 42.8 Å². The van der Waals surface area contributed by atoms with Crippen LogP contribution in [0.3, 0.4) is 0 Å². The van der Waals surface area contributed by atoms with E-state index >= 15 is 0 Å². The van der Waals surface area contributed by atoms with Crippen molar-refractivity contribution in [2.24, 2.45) is 5.10 Å². The van der Waals surface area contributed by atoms with Crippen LogP contribution in [0.5, 0.6) is 11.5 Å². The van der Waals surface area contributed by atoms with E-state index in [1.807, 2.05) is 19.1 Å². The van der Waals surface area contributed by atoms with Gasteiger partial charge in [0.25, 0.3) is 5.91 Å². The highest BCUT2D eigenvalue weighted by molar-refractivity contribution is 9.11. The van der Waals surface area contributed by atoms with Gasteiger partial charge in [-0.1, -0.05) is 31.9 Å². The highest BCUT2D eigenvalue weighted by atomic mass is 79.9. The Hall–Kier alpha value is -2.06. The molecule has 1 amide bonds. The van der Waals surface area contributed by atoms with E-state index in [4.69, 9.17) is 4.74 Å². The number of aromatic hydroxyl groups is 1. The Morgan fingerprint density at radius 1 is 1.28 bits per heavy atom. The Labute approximate surface area is 162 Å². The normalized spacial score (nSPS) is 10.7. The zero-order chi connectivity index (χ0) is 18.4. The Bertz CT molecular complexity index is 787. The number of phenols is 1. The number of hydrogen-bond acceptors (Lipinski definition) is 5. The van der Waals surface area contributed by atoms with Crippen LogP contribution in [0.1, 0.15) is 11.1 Å². The SMILES string of the molecule is COc1ccc(O)c(/C=N/NC(=O)CNc2cc(Br)c(C)c(Br)c2)c1. The van der Waals surface area contributed by atoms with E-state index in [0.717, 1.165) is 20.2 Å². The van der Waals surface area contributed by atoms with Crippen molar-refractivity contribution in [3.63, 3.8) is 0 Å². The van der Waals surface area contributed by atoms with Gasteiger partial charge in [-0.15, -0.1) is 0 Å². The number of halogens is 2. The van der Waals surface area contributed by atoms with E-state index in [9.17, 15) is 9.90 Å². The number of anilines is 1. The number of methoxy groups -OCH3 is 1. The van der Waals surface area contributed by atoms with Gasteiger partial charge in [-0.3, -0.25) is 4.79 Å². The third-order valence-corrected chi connectivity index (χ3v) is 5.01. The second kappa shape index (κ2) is 8.87. The summed E-state index contributed by atoms with van der Waals surface area (Å²) in [5, 5.41) is 16.6. The third kappa shape index (κ3) is 5.47. The standard InChI is InChI=1S/C17H17Br2N3O3/c1-10-14(18)6-12(7-15(10)19)20-9-17(24)22-21-8-11-5-13(25-2)3-4-16(11)23/h3-8,20,23H,9H2,1-2H3,(H,22,24)/b21-8+. The number of amides is 1. The van der Waals surface area contributed by atoms with Crippen LogP contribution in [0.15, 0.2) is 44.4 Å². The molecule has 0 fully saturated rings. The average Bonchev–Trinajstić information content (AvgIpc) is 2.59. The van der Waals surface area contributed by atoms with Crippen molar-refractivity contribution in [2.45, 2.75) is 6.92 Å². The van der Waals surface area contributed by atoms with Crippen LogP contribution in [0.4, 0.5) is 5.69 Å². The van der Waals surface area contributed by atoms with Gasteiger partial charge in [0.1, 0.15) is 11.5 Å². The van der Waals surface area contributed by atoms with E-state index in [2.05, 4.69) is 47.7 Å². The summed E-state index contributed by atoms with van der Waals surface area (Å²) in [6.45, 7) is 2.04. The number of nitrogens with one attached hydrogen (secondary N) is 2. The number of hydrogen-bond donors (Lipinski definition) is 3. The Morgan fingerprint density at radius 3 is 2.60 bits per heavy atom. The molecule has 2 rings (SSSR count). The molecule has 0 aliphatic carbocycles. The number of benzene rings is 2. The highest BCUT2D eigenvalue weighted by Crippen LogP contribution is 2.28. The predicted molar refractivity (Wildman–Crippen MR) is 105 cm³/mol. The van der Waals surface area contributed by atoms with Crippen LogP contribution in [0, 0.1) is 6.92 Å². The van der Waals surface area contributed by atoms with Gasteiger partial charge in [-0.2, -0.15) is 5.10 Å². The topological polar surface area (TPSA) is 83.0 Å². The quantitative estimate of drug-likeness (QED) is 0.443. The first-order chi connectivity index (χ1) is 11.9. The number of ether oxygens (including phenoxy) is 1. The maximum absolute atomic E-state index is 11.9. The molecule has 0 aliphatic rings. The lowest BCUT2D eigenvalue weighted by Gasteiger charge is -2.09. The van der Waals surface area contributed by atoms with Crippen LogP contribution in [0.2, 0.25) is 0 Å². The van der Waals surface area contributed by atoms with Gasteiger partial charge in [0.2, 0.25) is 0 Å². The number of hydrazone groups is 1. The number of rotatable bonds is 6. The molecule has 0 unspecified atom stereocenters. The van der Waals surface area contributed by atoms with Gasteiger partial charge in [0, 0.05) is 20.2 Å². The molecule has 0 bridgehead atoms. The summed E-state index contributed by atoms with van der Waals surface area (Å²) >= 11 is 6.92. The van der Waals surface area contributed by atoms with Crippen LogP contribution < -0.4 is 15.5 Å². The molecule has 0 aliphatic heterocycles. The summed E-state index contributed by atoms with van der Waals surface area (Å²) in [7, 11) is 1.53. The van der Waals surface area contributed by atoms with Crippen LogP contribution in [-0.2, 0) is 4.79 Å². The number of carbonyl (C=O) groups excluding carboxylic acids is 1. The molecule has 6 nitrogen and oxygen atoms in total. The summed E-state index contributed by atoms with van der Waals surface area (Å²) in [4.78, 5) is 11.9. The smallest absolute Gasteiger partial charge is 0.259 e. The Kier molecular flexibility index (Phi) is 6.83. The molecule has 25 heavy (non-hydrogen) atoms. The van der Waals surface area contributed by atoms with Crippen molar-refractivity contribution in [3.05, 3.63) is 50.4 Å². The molecule has 2 aromatic rings. The molecule has 0 spiro atoms. The minimum Gasteiger partial charge on any atom is -0.507 e. The van der Waals surface area contributed by atoms with E-state index in [0.29, 0.717) is 11.3 Å². The minimum absolute atomic E-state index is 0.0475. The lowest BCUT2D eigenvalue weighted by atomic mass is 10.2. The fourth-order valence-corrected chi connectivity index (χ4v) is 3.09. The molecular weight excluding hydrogens is 454 g/mol. The van der Waals surface area contributed by atoms with Crippen molar-refractivity contribution in [1.29, 1.82) is 0 Å². The van der Waals surface area contributed by atoms with Gasteiger partial charge < -0.3 is 15.2 Å². The van der Waals surface area contributed by atoms with E-state index < -0.39 is 0 Å². The second-order valence-electron chi connectivity index (χ2n) is 5.14. The van der Waals surface area contributed by atoms with Gasteiger partial charge in [0.15, 0.2) is 0 Å². The number of phenolic OH excluding ortho intramolecular Hbond substituents is 1. The van der Waals surface area contributed by atoms with Crippen molar-refractivity contribution >= 4 is 49.7 Å². The zero-order valence-electron chi connectivity index (χ0n) is 13.6. The van der Waals surface area contributed by atoms with Crippen LogP contribution >= 0.6 is 31.9 Å². The molecule has 8 heteroatoms.